The Morgan fingerprint density at radius 3 is 2.94 bits per heavy atom. The summed E-state index contributed by atoms with van der Waals surface area (Å²) in [6.45, 7) is 3.76. The lowest BCUT2D eigenvalue weighted by molar-refractivity contribution is 0.0959. The quantitative estimate of drug-likeness (QED) is 0.808. The zero-order chi connectivity index (χ0) is 13.1. The molecule has 0 aliphatic carbocycles. The summed E-state index contributed by atoms with van der Waals surface area (Å²) in [5.74, 6) is -0.899. The van der Waals surface area contributed by atoms with Crippen molar-refractivity contribution in [3.8, 4) is 0 Å². The molecule has 2 aromatic rings. The highest BCUT2D eigenvalue weighted by Crippen LogP contribution is 2.16. The van der Waals surface area contributed by atoms with E-state index in [9.17, 15) is 14.0 Å². The van der Waals surface area contributed by atoms with E-state index in [0.29, 0.717) is 10.9 Å². The molecule has 0 aliphatic heterocycles. The lowest BCUT2D eigenvalue weighted by Crippen LogP contribution is -2.25. The summed E-state index contributed by atoms with van der Waals surface area (Å²) in [5, 5.41) is 2.93. The number of aromatic amines is 1. The number of pyridine rings is 1. The second-order valence-corrected chi connectivity index (χ2v) is 3.74. The highest BCUT2D eigenvalue weighted by atomic mass is 19.1. The third-order valence-electron chi connectivity index (χ3n) is 2.46. The number of halogens is 1. The van der Waals surface area contributed by atoms with Crippen molar-refractivity contribution in [1.82, 2.24) is 10.3 Å². The van der Waals surface area contributed by atoms with E-state index in [-0.39, 0.29) is 12.1 Å². The van der Waals surface area contributed by atoms with Gasteiger partial charge in [0, 0.05) is 23.5 Å². The predicted octanol–water partition coefficient (Wildman–Crippen LogP) is 1.58. The number of aromatic nitrogens is 1. The van der Waals surface area contributed by atoms with E-state index in [1.165, 1.54) is 24.3 Å². The van der Waals surface area contributed by atoms with Crippen molar-refractivity contribution < 1.29 is 9.18 Å². The van der Waals surface area contributed by atoms with Gasteiger partial charge in [0.15, 0.2) is 0 Å². The van der Waals surface area contributed by atoms with Crippen LogP contribution in [0.4, 0.5) is 4.39 Å². The van der Waals surface area contributed by atoms with Gasteiger partial charge in [0.25, 0.3) is 5.91 Å². The van der Waals surface area contributed by atoms with Crippen LogP contribution in [0.25, 0.3) is 10.9 Å². The fourth-order valence-corrected chi connectivity index (χ4v) is 1.67. The normalized spacial score (nSPS) is 10.3. The van der Waals surface area contributed by atoms with Crippen molar-refractivity contribution in [2.24, 2.45) is 0 Å². The van der Waals surface area contributed by atoms with Crippen LogP contribution in [0.15, 0.2) is 41.7 Å². The zero-order valence-electron chi connectivity index (χ0n) is 9.50. The number of rotatable bonds is 3. The Hall–Kier alpha value is -2.43. The van der Waals surface area contributed by atoms with Gasteiger partial charge in [0.2, 0.25) is 5.56 Å². The van der Waals surface area contributed by atoms with Gasteiger partial charge in [0.05, 0.1) is 5.56 Å². The smallest absolute Gasteiger partial charge is 0.252 e. The molecule has 1 aromatic carbocycles. The molecule has 0 saturated heterocycles. The standard InChI is InChI=1S/C13H11FN2O2/c1-2-5-15-13(18)10-7-12(17)16-11-4-3-8(14)6-9(10)11/h2-4,6-7H,1,5H2,(H,15,18)(H,16,17). The fraction of sp³-hybridized carbons (Fsp3) is 0.0769. The average Bonchev–Trinajstić information content (AvgIpc) is 2.35. The minimum atomic E-state index is -0.465. The molecule has 1 aromatic heterocycles. The van der Waals surface area contributed by atoms with E-state index < -0.39 is 17.3 Å². The maximum Gasteiger partial charge on any atom is 0.252 e. The minimum absolute atomic E-state index is 0.148. The highest BCUT2D eigenvalue weighted by molar-refractivity contribution is 6.05. The maximum atomic E-state index is 13.2. The molecule has 1 heterocycles. The first-order chi connectivity index (χ1) is 8.61. The van der Waals surface area contributed by atoms with Crippen LogP contribution in [0.3, 0.4) is 0 Å². The molecule has 92 valence electrons. The molecule has 5 heteroatoms. The van der Waals surface area contributed by atoms with Crippen molar-refractivity contribution in [2.45, 2.75) is 0 Å². The lowest BCUT2D eigenvalue weighted by atomic mass is 10.1. The predicted molar refractivity (Wildman–Crippen MR) is 67.1 cm³/mol. The number of carbonyl (C=O) groups excluding carboxylic acids is 1. The Balaban J connectivity index is 2.60. The summed E-state index contributed by atoms with van der Waals surface area (Å²) in [4.78, 5) is 25.8. The van der Waals surface area contributed by atoms with Crippen LogP contribution in [0.1, 0.15) is 10.4 Å². The molecular formula is C13H11FN2O2. The number of nitrogens with one attached hydrogen (secondary N) is 2. The third-order valence-corrected chi connectivity index (χ3v) is 2.46. The van der Waals surface area contributed by atoms with Gasteiger partial charge in [-0.25, -0.2) is 4.39 Å². The number of fused-ring (bicyclic) bond motifs is 1. The van der Waals surface area contributed by atoms with Crippen LogP contribution in [0.5, 0.6) is 0 Å². The summed E-state index contributed by atoms with van der Waals surface area (Å²) in [5.41, 5.74) is 0.167. The zero-order valence-corrected chi connectivity index (χ0v) is 9.50. The molecule has 2 rings (SSSR count). The fourth-order valence-electron chi connectivity index (χ4n) is 1.67. The van der Waals surface area contributed by atoms with Crippen molar-refractivity contribution >= 4 is 16.8 Å². The van der Waals surface area contributed by atoms with E-state index in [2.05, 4.69) is 16.9 Å². The molecule has 1 amide bonds. The lowest BCUT2D eigenvalue weighted by Gasteiger charge is -2.06. The van der Waals surface area contributed by atoms with E-state index >= 15 is 0 Å². The molecule has 4 nitrogen and oxygen atoms in total. The highest BCUT2D eigenvalue weighted by Gasteiger charge is 2.11. The Bertz CT molecular complexity index is 676. The van der Waals surface area contributed by atoms with Crippen molar-refractivity contribution in [3.05, 3.63) is 58.7 Å². The number of H-pyrrole nitrogens is 1. The molecule has 0 radical (unpaired) electrons. The third kappa shape index (κ3) is 2.29. The van der Waals surface area contributed by atoms with Crippen LogP contribution in [0.2, 0.25) is 0 Å². The molecule has 2 N–H and O–H groups in total. The van der Waals surface area contributed by atoms with Gasteiger partial charge in [-0.2, -0.15) is 0 Å². The largest absolute Gasteiger partial charge is 0.349 e. The number of hydrogen-bond donors (Lipinski definition) is 2. The first kappa shape index (κ1) is 12.0. The van der Waals surface area contributed by atoms with Gasteiger partial charge < -0.3 is 10.3 Å². The van der Waals surface area contributed by atoms with Gasteiger partial charge in [-0.1, -0.05) is 6.08 Å². The van der Waals surface area contributed by atoms with Crippen molar-refractivity contribution in [1.29, 1.82) is 0 Å². The molecule has 0 fully saturated rings. The topological polar surface area (TPSA) is 62.0 Å². The van der Waals surface area contributed by atoms with Crippen LogP contribution in [-0.4, -0.2) is 17.4 Å². The molecule has 0 spiro atoms. The Kier molecular flexibility index (Phi) is 3.23. The van der Waals surface area contributed by atoms with E-state index in [4.69, 9.17) is 0 Å². The Labute approximate surface area is 102 Å². The maximum absolute atomic E-state index is 13.2. The molecule has 0 unspecified atom stereocenters. The summed E-state index contributed by atoms with van der Waals surface area (Å²) in [7, 11) is 0. The Morgan fingerprint density at radius 1 is 1.44 bits per heavy atom. The molecule has 18 heavy (non-hydrogen) atoms. The molecule has 0 saturated carbocycles. The summed E-state index contributed by atoms with van der Waals surface area (Å²) >= 11 is 0. The second kappa shape index (κ2) is 4.83. The Morgan fingerprint density at radius 2 is 2.22 bits per heavy atom. The first-order valence-electron chi connectivity index (χ1n) is 5.33. The van der Waals surface area contributed by atoms with Crippen molar-refractivity contribution in [3.63, 3.8) is 0 Å². The molecular weight excluding hydrogens is 235 g/mol. The minimum Gasteiger partial charge on any atom is -0.349 e. The summed E-state index contributed by atoms with van der Waals surface area (Å²) in [6.07, 6.45) is 1.52. The SMILES string of the molecule is C=CCNC(=O)c1cc(=O)[nH]c2ccc(F)cc12. The van der Waals surface area contributed by atoms with Crippen LogP contribution in [0, 0.1) is 5.82 Å². The monoisotopic (exact) mass is 246 g/mol. The van der Waals surface area contributed by atoms with Crippen molar-refractivity contribution in [2.75, 3.05) is 6.54 Å². The van der Waals surface area contributed by atoms with Gasteiger partial charge in [-0.15, -0.1) is 6.58 Å². The van der Waals surface area contributed by atoms with Gasteiger partial charge in [-0.05, 0) is 18.2 Å². The summed E-state index contributed by atoms with van der Waals surface area (Å²) in [6, 6.07) is 5.02. The number of hydrogen-bond acceptors (Lipinski definition) is 2. The number of amides is 1. The second-order valence-electron chi connectivity index (χ2n) is 3.74. The van der Waals surface area contributed by atoms with Crippen LogP contribution in [-0.2, 0) is 0 Å². The number of carbonyl (C=O) groups is 1. The van der Waals surface area contributed by atoms with Gasteiger partial charge in [0.1, 0.15) is 5.82 Å². The van der Waals surface area contributed by atoms with Gasteiger partial charge >= 0.3 is 0 Å². The van der Waals surface area contributed by atoms with Crippen LogP contribution < -0.4 is 10.9 Å². The van der Waals surface area contributed by atoms with Gasteiger partial charge in [-0.3, -0.25) is 9.59 Å². The average molecular weight is 246 g/mol. The number of benzene rings is 1. The van der Waals surface area contributed by atoms with E-state index in [1.807, 2.05) is 0 Å². The molecule has 0 bridgehead atoms. The summed E-state index contributed by atoms with van der Waals surface area (Å²) < 4.78 is 13.2. The first-order valence-corrected chi connectivity index (χ1v) is 5.33. The molecule has 0 atom stereocenters. The van der Waals surface area contributed by atoms with E-state index in [1.54, 1.807) is 0 Å². The van der Waals surface area contributed by atoms with E-state index in [0.717, 1.165) is 6.07 Å². The molecule has 0 aliphatic rings. The van der Waals surface area contributed by atoms with Crippen LogP contribution >= 0.6 is 0 Å².